The number of aryl methyl sites for hydroxylation is 1. The quantitative estimate of drug-likeness (QED) is 0.792. The lowest BCUT2D eigenvalue weighted by molar-refractivity contribution is 0.00578. The van der Waals surface area contributed by atoms with Crippen LogP contribution in [0.15, 0.2) is 18.2 Å². The van der Waals surface area contributed by atoms with E-state index in [-0.39, 0.29) is 0 Å². The summed E-state index contributed by atoms with van der Waals surface area (Å²) in [6.45, 7) is 11.4. The topological polar surface area (TPSA) is 18.5 Å². The van der Waals surface area contributed by atoms with Crippen LogP contribution in [0.3, 0.4) is 0 Å². The molecule has 1 aromatic rings. The molecule has 0 N–H and O–H groups in total. The highest BCUT2D eigenvalue weighted by molar-refractivity contribution is 6.62. The van der Waals surface area contributed by atoms with E-state index in [9.17, 15) is 8.78 Å². The van der Waals surface area contributed by atoms with Gasteiger partial charge >= 0.3 is 7.12 Å². The van der Waals surface area contributed by atoms with Crippen molar-refractivity contribution in [2.75, 3.05) is 0 Å². The van der Waals surface area contributed by atoms with E-state index in [0.717, 1.165) is 11.0 Å². The number of halogens is 2. The van der Waals surface area contributed by atoms with E-state index in [1.54, 1.807) is 12.1 Å². The summed E-state index contributed by atoms with van der Waals surface area (Å²) in [7, 11) is -0.514. The first kappa shape index (κ1) is 16.4. The summed E-state index contributed by atoms with van der Waals surface area (Å²) in [5.41, 5.74) is 1.56. The summed E-state index contributed by atoms with van der Waals surface area (Å²) >= 11 is 0. The zero-order valence-corrected chi connectivity index (χ0v) is 13.5. The van der Waals surface area contributed by atoms with Gasteiger partial charge in [0, 0.05) is 5.92 Å². The van der Waals surface area contributed by atoms with Gasteiger partial charge in [0.2, 0.25) is 6.43 Å². The van der Waals surface area contributed by atoms with Crippen LogP contribution < -0.4 is 5.46 Å². The van der Waals surface area contributed by atoms with Crippen LogP contribution in [-0.2, 0) is 9.31 Å². The molecule has 1 aliphatic heterocycles. The second-order valence-electron chi connectivity index (χ2n) is 6.83. The molecule has 0 aliphatic carbocycles. The zero-order valence-electron chi connectivity index (χ0n) is 13.5. The van der Waals surface area contributed by atoms with Crippen molar-refractivity contribution in [2.24, 2.45) is 0 Å². The van der Waals surface area contributed by atoms with Gasteiger partial charge in [0.05, 0.1) is 11.2 Å². The molecule has 1 atom stereocenters. The molecule has 1 saturated heterocycles. The molecule has 1 unspecified atom stereocenters. The zero-order chi connectivity index (χ0) is 16.0. The molecule has 5 heteroatoms. The highest BCUT2D eigenvalue weighted by Gasteiger charge is 2.52. The first-order valence-electron chi connectivity index (χ1n) is 7.29. The maximum Gasteiger partial charge on any atom is 0.495 e. The molecule has 0 aromatic heterocycles. The fraction of sp³-hybridized carbons (Fsp3) is 0.625. The lowest BCUT2D eigenvalue weighted by atomic mass is 9.74. The minimum atomic E-state index is -2.38. The largest absolute Gasteiger partial charge is 0.495 e. The fourth-order valence-corrected chi connectivity index (χ4v) is 2.31. The van der Waals surface area contributed by atoms with E-state index in [0.29, 0.717) is 5.56 Å². The van der Waals surface area contributed by atoms with Crippen molar-refractivity contribution in [1.82, 2.24) is 0 Å². The average Bonchev–Trinajstić information content (AvgIpc) is 2.57. The molecular formula is C16H23BF2O2. The second kappa shape index (κ2) is 5.36. The Balaban J connectivity index is 2.35. The van der Waals surface area contributed by atoms with Crippen molar-refractivity contribution in [3.05, 3.63) is 29.3 Å². The minimum Gasteiger partial charge on any atom is -0.399 e. The van der Waals surface area contributed by atoms with Crippen molar-refractivity contribution in [3.8, 4) is 0 Å². The van der Waals surface area contributed by atoms with Crippen LogP contribution in [0.4, 0.5) is 8.78 Å². The van der Waals surface area contributed by atoms with E-state index in [2.05, 4.69) is 0 Å². The van der Waals surface area contributed by atoms with Gasteiger partial charge in [-0.25, -0.2) is 8.78 Å². The van der Waals surface area contributed by atoms with Crippen molar-refractivity contribution in [1.29, 1.82) is 0 Å². The summed E-state index contributed by atoms with van der Waals surface area (Å²) in [4.78, 5) is 0. The smallest absolute Gasteiger partial charge is 0.399 e. The Morgan fingerprint density at radius 1 is 1.05 bits per heavy atom. The van der Waals surface area contributed by atoms with E-state index < -0.39 is 30.7 Å². The average molecular weight is 296 g/mol. The van der Waals surface area contributed by atoms with E-state index >= 15 is 0 Å². The molecule has 2 nitrogen and oxygen atoms in total. The Morgan fingerprint density at radius 3 is 2.05 bits per heavy atom. The molecule has 0 radical (unpaired) electrons. The lowest BCUT2D eigenvalue weighted by Gasteiger charge is -2.32. The first-order chi connectivity index (χ1) is 9.55. The highest BCUT2D eigenvalue weighted by Crippen LogP contribution is 2.37. The number of hydrogen-bond donors (Lipinski definition) is 0. The van der Waals surface area contributed by atoms with Gasteiger partial charge in [0.1, 0.15) is 0 Å². The number of hydrogen-bond acceptors (Lipinski definition) is 2. The third kappa shape index (κ3) is 2.99. The fourth-order valence-electron chi connectivity index (χ4n) is 2.31. The molecule has 0 spiro atoms. The van der Waals surface area contributed by atoms with Gasteiger partial charge < -0.3 is 9.31 Å². The molecule has 1 aliphatic rings. The molecule has 0 saturated carbocycles. The van der Waals surface area contributed by atoms with Crippen LogP contribution >= 0.6 is 0 Å². The Morgan fingerprint density at radius 2 is 1.57 bits per heavy atom. The summed E-state index contributed by atoms with van der Waals surface area (Å²) in [5.74, 6) is -0.799. The van der Waals surface area contributed by atoms with Crippen LogP contribution in [0.5, 0.6) is 0 Å². The van der Waals surface area contributed by atoms with Gasteiger partial charge in [0.25, 0.3) is 0 Å². The summed E-state index contributed by atoms with van der Waals surface area (Å²) in [6.07, 6.45) is -2.38. The molecule has 1 fully saturated rings. The van der Waals surface area contributed by atoms with Gasteiger partial charge in [-0.05, 0) is 45.6 Å². The van der Waals surface area contributed by atoms with Crippen LogP contribution in [0.2, 0.25) is 0 Å². The normalized spacial score (nSPS) is 21.9. The predicted octanol–water partition coefficient (Wildman–Crippen LogP) is 3.66. The molecular weight excluding hydrogens is 273 g/mol. The lowest BCUT2D eigenvalue weighted by Crippen LogP contribution is -2.41. The molecule has 2 rings (SSSR count). The standard InChI is InChI=1S/C16H23BF2O2/c1-10-7-8-12(11(2)14(18)19)9-13(10)17-20-15(3,4)16(5,6)21-17/h7-9,11,14H,1-6H3. The number of benzene rings is 1. The van der Waals surface area contributed by atoms with Crippen LogP contribution in [-0.4, -0.2) is 24.7 Å². The van der Waals surface area contributed by atoms with E-state index in [4.69, 9.17) is 9.31 Å². The monoisotopic (exact) mass is 296 g/mol. The Kier molecular flexibility index (Phi) is 4.20. The summed E-state index contributed by atoms with van der Waals surface area (Å²) in [5, 5.41) is 0. The van der Waals surface area contributed by atoms with Gasteiger partial charge in [-0.1, -0.05) is 30.7 Å². The van der Waals surface area contributed by atoms with Crippen LogP contribution in [0.1, 0.15) is 51.7 Å². The Labute approximate surface area is 126 Å². The van der Waals surface area contributed by atoms with Gasteiger partial charge in [-0.3, -0.25) is 0 Å². The number of rotatable bonds is 3. The minimum absolute atomic E-state index is 0.436. The molecule has 21 heavy (non-hydrogen) atoms. The maximum atomic E-state index is 12.9. The molecule has 0 amide bonds. The number of alkyl halides is 2. The Bertz CT molecular complexity index is 513. The van der Waals surface area contributed by atoms with E-state index in [1.807, 2.05) is 40.7 Å². The van der Waals surface area contributed by atoms with Crippen LogP contribution in [0, 0.1) is 6.92 Å². The van der Waals surface area contributed by atoms with Crippen LogP contribution in [0.25, 0.3) is 0 Å². The highest BCUT2D eigenvalue weighted by atomic mass is 19.3. The molecule has 0 bridgehead atoms. The van der Waals surface area contributed by atoms with Crippen molar-refractivity contribution in [2.45, 2.75) is 65.1 Å². The second-order valence-corrected chi connectivity index (χ2v) is 6.83. The summed E-state index contributed by atoms with van der Waals surface area (Å²) in [6, 6.07) is 5.39. The molecule has 1 aromatic carbocycles. The maximum absolute atomic E-state index is 12.9. The van der Waals surface area contributed by atoms with Crippen molar-refractivity contribution < 1.29 is 18.1 Å². The Hall–Kier alpha value is -0.935. The predicted molar refractivity (Wildman–Crippen MR) is 81.3 cm³/mol. The van der Waals surface area contributed by atoms with Crippen molar-refractivity contribution >= 4 is 12.6 Å². The third-order valence-corrected chi connectivity index (χ3v) is 4.71. The van der Waals surface area contributed by atoms with Gasteiger partial charge in [0.15, 0.2) is 0 Å². The van der Waals surface area contributed by atoms with Gasteiger partial charge in [-0.15, -0.1) is 0 Å². The third-order valence-electron chi connectivity index (χ3n) is 4.71. The molecule has 1 heterocycles. The van der Waals surface area contributed by atoms with E-state index in [1.165, 1.54) is 6.92 Å². The van der Waals surface area contributed by atoms with Crippen molar-refractivity contribution in [3.63, 3.8) is 0 Å². The van der Waals surface area contributed by atoms with Gasteiger partial charge in [-0.2, -0.15) is 0 Å². The first-order valence-corrected chi connectivity index (χ1v) is 7.29. The summed E-state index contributed by atoms with van der Waals surface area (Å²) < 4.78 is 37.8. The SMILES string of the molecule is Cc1ccc(C(C)C(F)F)cc1B1OC(C)(C)C(C)(C)O1. The molecule has 116 valence electrons.